The van der Waals surface area contributed by atoms with Gasteiger partial charge < -0.3 is 0 Å². The lowest BCUT2D eigenvalue weighted by Gasteiger charge is -2.15. The third-order valence-electron chi connectivity index (χ3n) is 3.63. The van der Waals surface area contributed by atoms with Gasteiger partial charge in [0.05, 0.1) is 0 Å². The summed E-state index contributed by atoms with van der Waals surface area (Å²) in [7, 11) is 0. The molecule has 0 fully saturated rings. The Morgan fingerprint density at radius 2 is 1.62 bits per heavy atom. The zero-order valence-corrected chi connectivity index (χ0v) is 16.8. The fraction of sp³-hybridized carbons (Fsp3) is 0.263. The van der Waals surface area contributed by atoms with Crippen LogP contribution in [0.1, 0.15) is 40.4 Å². The molecule has 0 spiro atoms. The van der Waals surface area contributed by atoms with E-state index in [0.717, 1.165) is 12.8 Å². The van der Waals surface area contributed by atoms with E-state index in [2.05, 4.69) is 114 Å². The highest BCUT2D eigenvalue weighted by atomic mass is 127. The maximum atomic E-state index is 2.57. The van der Waals surface area contributed by atoms with E-state index in [1.807, 2.05) is 0 Å². The minimum Gasteiger partial charge on any atom is -0.0771 e. The molecule has 0 heterocycles. The molecule has 2 rings (SSSR count). The molecule has 2 heteroatoms. The first kappa shape index (κ1) is 17.0. The summed E-state index contributed by atoms with van der Waals surface area (Å²) in [5.74, 6) is 0. The fourth-order valence-corrected chi connectivity index (χ4v) is 4.20. The lowest BCUT2D eigenvalue weighted by Crippen LogP contribution is -1.95. The van der Waals surface area contributed by atoms with E-state index in [1.54, 1.807) is 5.57 Å². The van der Waals surface area contributed by atoms with Crippen molar-refractivity contribution in [3.05, 3.63) is 76.9 Å². The standard InChI is InChI=1S/C19H20I2/c1-3-15(19(21)17-7-5-4-6-8-17)13-18(20)16-11-9-14(2)10-12-16/h4-12,18H,3,13H2,1-2H3/b19-15-. The van der Waals surface area contributed by atoms with Crippen LogP contribution in [0.3, 0.4) is 0 Å². The van der Waals surface area contributed by atoms with Crippen LogP contribution in [-0.2, 0) is 0 Å². The van der Waals surface area contributed by atoms with E-state index in [9.17, 15) is 0 Å². The quantitative estimate of drug-likeness (QED) is 0.302. The molecule has 0 bridgehead atoms. The molecule has 0 saturated heterocycles. The van der Waals surface area contributed by atoms with Crippen molar-refractivity contribution in [2.24, 2.45) is 0 Å². The third-order valence-corrected chi connectivity index (χ3v) is 6.17. The van der Waals surface area contributed by atoms with Crippen LogP contribution >= 0.6 is 45.2 Å². The van der Waals surface area contributed by atoms with Gasteiger partial charge in [-0.15, -0.1) is 0 Å². The van der Waals surface area contributed by atoms with Crippen molar-refractivity contribution in [1.29, 1.82) is 0 Å². The zero-order chi connectivity index (χ0) is 15.2. The van der Waals surface area contributed by atoms with Crippen molar-refractivity contribution in [2.75, 3.05) is 0 Å². The predicted octanol–water partition coefficient (Wildman–Crippen LogP) is 7.12. The third kappa shape index (κ3) is 4.81. The van der Waals surface area contributed by atoms with Gasteiger partial charge in [0.1, 0.15) is 0 Å². The molecule has 0 aliphatic rings. The second kappa shape index (κ2) is 8.32. The Hall–Kier alpha value is -0.360. The fourth-order valence-electron chi connectivity index (χ4n) is 2.29. The Kier molecular flexibility index (Phi) is 6.74. The van der Waals surface area contributed by atoms with Gasteiger partial charge >= 0.3 is 0 Å². The van der Waals surface area contributed by atoms with Crippen LogP contribution in [0.25, 0.3) is 3.58 Å². The minimum atomic E-state index is 0.534. The molecule has 2 aromatic rings. The van der Waals surface area contributed by atoms with E-state index in [4.69, 9.17) is 0 Å². The monoisotopic (exact) mass is 502 g/mol. The van der Waals surface area contributed by atoms with E-state index >= 15 is 0 Å². The lowest BCUT2D eigenvalue weighted by molar-refractivity contribution is 0.896. The number of benzene rings is 2. The molecule has 0 saturated carbocycles. The number of aryl methyl sites for hydroxylation is 1. The molecule has 1 unspecified atom stereocenters. The number of rotatable bonds is 5. The van der Waals surface area contributed by atoms with Crippen LogP contribution in [0, 0.1) is 6.92 Å². The first-order valence-electron chi connectivity index (χ1n) is 7.25. The largest absolute Gasteiger partial charge is 0.0771 e. The average molecular weight is 502 g/mol. The summed E-state index contributed by atoms with van der Waals surface area (Å²) in [5, 5.41) is 0. The normalized spacial score (nSPS) is 13.7. The predicted molar refractivity (Wildman–Crippen MR) is 110 cm³/mol. The second-order valence-electron chi connectivity index (χ2n) is 5.22. The number of allylic oxidation sites excluding steroid dienone is 1. The smallest absolute Gasteiger partial charge is 0.0397 e. The van der Waals surface area contributed by atoms with E-state index in [-0.39, 0.29) is 0 Å². The van der Waals surface area contributed by atoms with Crippen LogP contribution in [0.2, 0.25) is 0 Å². The molecule has 0 radical (unpaired) electrons. The molecule has 0 aliphatic heterocycles. The molecule has 0 aliphatic carbocycles. The maximum absolute atomic E-state index is 2.57. The Morgan fingerprint density at radius 3 is 2.19 bits per heavy atom. The van der Waals surface area contributed by atoms with Crippen LogP contribution in [-0.4, -0.2) is 0 Å². The van der Waals surface area contributed by atoms with Crippen molar-refractivity contribution in [2.45, 2.75) is 30.6 Å². The Balaban J connectivity index is 2.20. The molecular weight excluding hydrogens is 482 g/mol. The number of hydrogen-bond donors (Lipinski definition) is 0. The van der Waals surface area contributed by atoms with Gasteiger partial charge in [0.25, 0.3) is 0 Å². The molecule has 0 nitrogen and oxygen atoms in total. The molecule has 0 aromatic heterocycles. The number of hydrogen-bond acceptors (Lipinski definition) is 0. The van der Waals surface area contributed by atoms with E-state index in [0.29, 0.717) is 3.92 Å². The first-order valence-corrected chi connectivity index (χ1v) is 9.57. The highest BCUT2D eigenvalue weighted by Crippen LogP contribution is 2.37. The maximum Gasteiger partial charge on any atom is 0.0397 e. The van der Waals surface area contributed by atoms with Crippen molar-refractivity contribution < 1.29 is 0 Å². The summed E-state index contributed by atoms with van der Waals surface area (Å²) in [4.78, 5) is 0. The average Bonchev–Trinajstić information content (AvgIpc) is 2.53. The highest BCUT2D eigenvalue weighted by Gasteiger charge is 2.12. The molecule has 0 amide bonds. The van der Waals surface area contributed by atoms with Crippen LogP contribution in [0.15, 0.2) is 60.2 Å². The van der Waals surface area contributed by atoms with E-state index in [1.165, 1.54) is 20.3 Å². The topological polar surface area (TPSA) is 0 Å². The summed E-state index contributed by atoms with van der Waals surface area (Å²) in [6, 6.07) is 19.6. The summed E-state index contributed by atoms with van der Waals surface area (Å²) in [6.07, 6.45) is 2.23. The summed E-state index contributed by atoms with van der Waals surface area (Å²) in [5.41, 5.74) is 5.63. The lowest BCUT2D eigenvalue weighted by atomic mass is 10.00. The van der Waals surface area contributed by atoms with Crippen LogP contribution in [0.5, 0.6) is 0 Å². The van der Waals surface area contributed by atoms with Gasteiger partial charge in [0, 0.05) is 7.50 Å². The van der Waals surface area contributed by atoms with Crippen LogP contribution < -0.4 is 0 Å². The Bertz CT molecular complexity index is 597. The Morgan fingerprint density at radius 1 is 1.00 bits per heavy atom. The van der Waals surface area contributed by atoms with Gasteiger partial charge in [0.15, 0.2) is 0 Å². The number of halogens is 2. The van der Waals surface area contributed by atoms with Gasteiger partial charge in [-0.05, 0) is 53.5 Å². The SMILES string of the molecule is CC/C(CC(I)c1ccc(C)cc1)=C(/I)c1ccccc1. The Labute approximate surface area is 155 Å². The number of alkyl halides is 1. The van der Waals surface area contributed by atoms with E-state index < -0.39 is 0 Å². The molecule has 2 aromatic carbocycles. The van der Waals surface area contributed by atoms with Gasteiger partial charge in [0.2, 0.25) is 0 Å². The first-order chi connectivity index (χ1) is 10.1. The molecule has 21 heavy (non-hydrogen) atoms. The second-order valence-corrected chi connectivity index (χ2v) is 7.80. The van der Waals surface area contributed by atoms with Crippen molar-refractivity contribution in [1.82, 2.24) is 0 Å². The summed E-state index contributed by atoms with van der Waals surface area (Å²) in [6.45, 7) is 4.40. The zero-order valence-electron chi connectivity index (χ0n) is 12.4. The van der Waals surface area contributed by atoms with Gasteiger partial charge in [-0.3, -0.25) is 0 Å². The minimum absolute atomic E-state index is 0.534. The molecular formula is C19H20I2. The van der Waals surface area contributed by atoms with Gasteiger partial charge in [-0.1, -0.05) is 95.2 Å². The van der Waals surface area contributed by atoms with Gasteiger partial charge in [-0.2, -0.15) is 0 Å². The molecule has 110 valence electrons. The van der Waals surface area contributed by atoms with Crippen molar-refractivity contribution in [3.63, 3.8) is 0 Å². The summed E-state index contributed by atoms with van der Waals surface area (Å²) < 4.78 is 1.94. The molecule has 1 atom stereocenters. The molecule has 0 N–H and O–H groups in total. The highest BCUT2D eigenvalue weighted by molar-refractivity contribution is 14.1. The van der Waals surface area contributed by atoms with Gasteiger partial charge in [-0.25, -0.2) is 0 Å². The van der Waals surface area contributed by atoms with Crippen molar-refractivity contribution >= 4 is 48.8 Å². The summed E-state index contributed by atoms with van der Waals surface area (Å²) >= 11 is 5.08. The van der Waals surface area contributed by atoms with Crippen molar-refractivity contribution in [3.8, 4) is 0 Å². The van der Waals surface area contributed by atoms with Crippen LogP contribution in [0.4, 0.5) is 0 Å².